The first-order chi connectivity index (χ1) is 19.2. The quantitative estimate of drug-likeness (QED) is 0.666. The van der Waals surface area contributed by atoms with Crippen LogP contribution < -0.4 is 15.2 Å². The van der Waals surface area contributed by atoms with E-state index < -0.39 is 68.9 Å². The van der Waals surface area contributed by atoms with Crippen LogP contribution in [0.2, 0.25) is 0 Å². The fourth-order valence-corrected chi connectivity index (χ4v) is 3.92. The molecule has 4 atom stereocenters. The van der Waals surface area contributed by atoms with Gasteiger partial charge in [-0.05, 0) is 47.9 Å². The normalized spacial score (nSPS) is 39.3. The first-order valence-electron chi connectivity index (χ1n) is 16.3. The maximum absolute atomic E-state index is 13.5. The number of methoxy groups -OCH3 is 2. The minimum absolute atomic E-state index is 0.0870. The van der Waals surface area contributed by atoms with Crippen molar-refractivity contribution in [2.45, 2.75) is 64.9 Å². The van der Waals surface area contributed by atoms with E-state index in [1.807, 2.05) is 0 Å². The third-order valence-corrected chi connectivity index (χ3v) is 5.36. The Hall–Kier alpha value is -1.79. The zero-order valence-electron chi connectivity index (χ0n) is 30.7. The van der Waals surface area contributed by atoms with Crippen molar-refractivity contribution in [2.24, 2.45) is 23.5 Å². The van der Waals surface area contributed by atoms with Gasteiger partial charge in [-0.25, -0.2) is 0 Å². The van der Waals surface area contributed by atoms with Crippen LogP contribution in [0, 0.1) is 17.7 Å². The number of rotatable bonds is 7. The molecule has 2 aliphatic rings. The van der Waals surface area contributed by atoms with E-state index in [9.17, 15) is 6.17 Å². The average Bonchev–Trinajstić information content (AvgIpc) is 2.85. The number of benzene rings is 1. The summed E-state index contributed by atoms with van der Waals surface area (Å²) < 4.78 is 123. The van der Waals surface area contributed by atoms with E-state index in [0.29, 0.717) is 0 Å². The molecule has 2 aliphatic heterocycles. The van der Waals surface area contributed by atoms with Crippen molar-refractivity contribution in [3.63, 3.8) is 0 Å². The van der Waals surface area contributed by atoms with Crippen LogP contribution in [-0.2, 0) is 15.9 Å². The molecule has 168 valence electrons. The Morgan fingerprint density at radius 1 is 1.37 bits per heavy atom. The van der Waals surface area contributed by atoms with Crippen LogP contribution in [0.25, 0.3) is 0 Å². The summed E-state index contributed by atoms with van der Waals surface area (Å²) in [5.41, 5.74) is 5.88. The molecule has 1 fully saturated rings. The molecule has 3 unspecified atom stereocenters. The minimum Gasteiger partial charge on any atom is -0.493 e. The van der Waals surface area contributed by atoms with Gasteiger partial charge >= 0.3 is 5.97 Å². The maximum atomic E-state index is 13.5. The van der Waals surface area contributed by atoms with E-state index in [-0.39, 0.29) is 41.5 Å². The molecule has 0 saturated carbocycles. The van der Waals surface area contributed by atoms with Crippen molar-refractivity contribution in [1.29, 1.82) is 0 Å². The number of nitrogens with two attached hydrogens (primary N) is 1. The predicted molar refractivity (Wildman–Crippen MR) is 118 cm³/mol. The summed E-state index contributed by atoms with van der Waals surface area (Å²) in [6, 6.07) is -2.02. The van der Waals surface area contributed by atoms with Gasteiger partial charge in [-0.2, -0.15) is 0 Å². The van der Waals surface area contributed by atoms with Crippen LogP contribution in [0.4, 0.5) is 0 Å². The van der Waals surface area contributed by atoms with Crippen LogP contribution in [0.15, 0.2) is 12.1 Å². The van der Waals surface area contributed by atoms with Crippen molar-refractivity contribution in [3.05, 3.63) is 23.3 Å². The van der Waals surface area contributed by atoms with Crippen molar-refractivity contribution in [3.8, 4) is 11.5 Å². The van der Waals surface area contributed by atoms with Gasteiger partial charge in [-0.3, -0.25) is 9.69 Å². The van der Waals surface area contributed by atoms with E-state index in [4.69, 9.17) is 36.4 Å². The van der Waals surface area contributed by atoms with E-state index in [1.54, 1.807) is 13.8 Å². The number of nitrogens with zero attached hydrogens (tertiary/aromatic N) is 1. The minimum atomic E-state index is -3.83. The number of carbonyl (C=O) groups excluding carboxylic acids is 1. The lowest BCUT2D eigenvalue weighted by atomic mass is 9.79. The molecule has 0 aromatic heterocycles. The zero-order valence-corrected chi connectivity index (χ0v) is 17.7. The number of hydrogen-bond donors (Lipinski definition) is 1. The number of piperidine rings is 1. The van der Waals surface area contributed by atoms with Gasteiger partial charge < -0.3 is 19.9 Å². The summed E-state index contributed by atoms with van der Waals surface area (Å²) in [4.78, 5) is 14.7. The zero-order chi connectivity index (χ0) is 33.4. The van der Waals surface area contributed by atoms with Gasteiger partial charge in [0, 0.05) is 46.5 Å². The van der Waals surface area contributed by atoms with E-state index >= 15 is 0 Å². The van der Waals surface area contributed by atoms with Gasteiger partial charge in [-0.1, -0.05) is 27.6 Å². The SMILES string of the molecule is [2H]C1(OC(=O)[C@@]([2H])(N)C([2H])(C([2H])([2H])[2H])C([2H])([2H])[2H])CC2c3cc(OC)c(OC)cc3C([2H])([2H])C([2H])([2H])N2CC1CC(C)C. The smallest absolute Gasteiger partial charge is 0.323 e. The fraction of sp³-hybridized carbons (Fsp3) is 0.708. The molecule has 2 N–H and O–H groups in total. The Balaban J connectivity index is 2.20. The van der Waals surface area contributed by atoms with Gasteiger partial charge in [0.25, 0.3) is 0 Å². The summed E-state index contributed by atoms with van der Waals surface area (Å²) in [7, 11) is 2.69. The Kier molecular flexibility index (Phi) is 3.57. The van der Waals surface area contributed by atoms with Crippen molar-refractivity contribution in [1.82, 2.24) is 4.90 Å². The molecule has 1 saturated heterocycles. The Morgan fingerprint density at radius 2 is 2.07 bits per heavy atom. The van der Waals surface area contributed by atoms with Crippen LogP contribution in [0.1, 0.15) is 75.4 Å². The first-order valence-corrected chi connectivity index (χ1v) is 9.80. The summed E-state index contributed by atoms with van der Waals surface area (Å²) >= 11 is 0. The fourth-order valence-electron chi connectivity index (χ4n) is 3.92. The van der Waals surface area contributed by atoms with Crippen LogP contribution in [-0.4, -0.2) is 50.2 Å². The molecule has 1 aromatic carbocycles. The van der Waals surface area contributed by atoms with E-state index in [2.05, 4.69) is 0 Å². The van der Waals surface area contributed by atoms with Gasteiger partial charge in [0.1, 0.15) is 12.1 Å². The highest BCUT2D eigenvalue weighted by Crippen LogP contribution is 2.44. The molecule has 0 amide bonds. The van der Waals surface area contributed by atoms with Crippen molar-refractivity contribution in [2.75, 3.05) is 27.3 Å². The van der Waals surface area contributed by atoms with Crippen molar-refractivity contribution < 1.29 is 36.8 Å². The molecular formula is C24H38N2O4. The monoisotopic (exact) mass is 431 g/mol. The predicted octanol–water partition coefficient (Wildman–Crippen LogP) is 3.56. The maximum Gasteiger partial charge on any atom is 0.323 e. The van der Waals surface area contributed by atoms with E-state index in [0.717, 1.165) is 0 Å². The first kappa shape index (κ1) is 11.2. The molecule has 30 heavy (non-hydrogen) atoms. The number of ether oxygens (including phenoxy) is 3. The van der Waals surface area contributed by atoms with Gasteiger partial charge in [0.05, 0.1) is 17.0 Å². The molecule has 6 nitrogen and oxygen atoms in total. The molecule has 1 aromatic rings. The van der Waals surface area contributed by atoms with Gasteiger partial charge in [0.15, 0.2) is 11.5 Å². The van der Waals surface area contributed by atoms with Crippen LogP contribution in [0.5, 0.6) is 11.5 Å². The average molecular weight is 432 g/mol. The number of carbonyl (C=O) groups is 1. The molecule has 0 spiro atoms. The lowest BCUT2D eigenvalue weighted by molar-refractivity contribution is -0.160. The highest BCUT2D eigenvalue weighted by atomic mass is 16.5. The Bertz CT molecular complexity index is 1220. The lowest BCUT2D eigenvalue weighted by Gasteiger charge is -2.47. The lowest BCUT2D eigenvalue weighted by Crippen LogP contribution is -2.51. The van der Waals surface area contributed by atoms with E-state index in [1.165, 1.54) is 31.3 Å². The third kappa shape index (κ3) is 4.75. The van der Waals surface area contributed by atoms with Crippen molar-refractivity contribution >= 4 is 5.97 Å². The molecule has 2 heterocycles. The summed E-state index contributed by atoms with van der Waals surface area (Å²) in [5.74, 6) is -6.57. The van der Waals surface area contributed by atoms with Gasteiger partial charge in [0.2, 0.25) is 0 Å². The number of fused-ring (bicyclic) bond motifs is 3. The number of hydrogen-bond acceptors (Lipinski definition) is 6. The number of esters is 1. The Morgan fingerprint density at radius 3 is 2.70 bits per heavy atom. The highest BCUT2D eigenvalue weighted by Gasteiger charge is 2.41. The van der Waals surface area contributed by atoms with Crippen LogP contribution >= 0.6 is 0 Å². The molecular weight excluding hydrogens is 380 g/mol. The molecule has 0 bridgehead atoms. The topological polar surface area (TPSA) is 74.0 Å². The second kappa shape index (κ2) is 9.56. The van der Waals surface area contributed by atoms with Crippen LogP contribution in [0.3, 0.4) is 0 Å². The second-order valence-electron chi connectivity index (χ2n) is 7.87. The largest absolute Gasteiger partial charge is 0.493 e. The summed E-state index contributed by atoms with van der Waals surface area (Å²) in [5, 5.41) is 0. The summed E-state index contributed by atoms with van der Waals surface area (Å²) in [6.07, 6.45) is -5.23. The standard InChI is InChI=1S/C24H38N2O4/c1-14(2)9-17-13-26-8-7-16-10-21(28-5)22(29-6)11-18(16)19(26)12-20(17)30-24(27)23(25)15(3)4/h10-11,14-15,17,19-20,23H,7-9,12-13,25H2,1-6H3/t17?,19?,20?,23-/m0/s1/i3D3,4D3,7D2,8D2,15D,20D,23D. The Labute approximate surface area is 199 Å². The number of aryl methyl sites for hydroxylation is 1. The summed E-state index contributed by atoms with van der Waals surface area (Å²) in [6.45, 7) is -6.81. The van der Waals surface area contributed by atoms with Gasteiger partial charge in [-0.15, -0.1) is 0 Å². The molecule has 0 radical (unpaired) electrons. The molecule has 6 heteroatoms. The highest BCUT2D eigenvalue weighted by molar-refractivity contribution is 5.76. The third-order valence-electron chi connectivity index (χ3n) is 5.36. The molecule has 3 rings (SSSR count). The molecule has 0 aliphatic carbocycles. The second-order valence-corrected chi connectivity index (χ2v) is 7.87.